The quantitative estimate of drug-likeness (QED) is 0.116. The van der Waals surface area contributed by atoms with Gasteiger partial charge in [-0.25, -0.2) is 0 Å². The van der Waals surface area contributed by atoms with Crippen LogP contribution in [0.1, 0.15) is 40.9 Å². The van der Waals surface area contributed by atoms with Crippen molar-refractivity contribution < 1.29 is 30.0 Å². The summed E-state index contributed by atoms with van der Waals surface area (Å²) in [6.07, 6.45) is 1.14. The number of amides is 2. The molecule has 0 radical (unpaired) electrons. The minimum atomic E-state index is -0.291. The zero-order valence-corrected chi connectivity index (χ0v) is 22.0. The molecule has 2 N–H and O–H groups in total. The average molecular weight is 531 g/mol. The molecule has 0 aromatic carbocycles. The molecule has 0 aliphatic rings. The molecule has 0 aromatic rings. The van der Waals surface area contributed by atoms with Crippen LogP contribution in [0.2, 0.25) is 0 Å². The van der Waals surface area contributed by atoms with Crippen molar-refractivity contribution in [1.29, 1.82) is 0 Å². The number of ketones is 2. The molecule has 0 bridgehead atoms. The molecule has 0 spiro atoms. The fourth-order valence-corrected chi connectivity index (χ4v) is 5.45. The summed E-state index contributed by atoms with van der Waals surface area (Å²) in [7, 11) is 6.51. The highest BCUT2D eigenvalue weighted by atomic mass is 33.1. The van der Waals surface area contributed by atoms with Crippen molar-refractivity contribution in [2.75, 3.05) is 62.5 Å². The molecular weight excluding hydrogens is 492 g/mol. The van der Waals surface area contributed by atoms with E-state index in [0.717, 1.165) is 23.0 Å². The van der Waals surface area contributed by atoms with E-state index in [-0.39, 0.29) is 43.1 Å². The van der Waals surface area contributed by atoms with Gasteiger partial charge in [-0.3, -0.25) is 19.2 Å². The Kier molecular flexibility index (Phi) is 22.0. The minimum Gasteiger partial charge on any atom is -0.380 e. The lowest BCUT2D eigenvalue weighted by molar-refractivity contribution is -0.129. The molecule has 0 unspecified atom stereocenters. The van der Waals surface area contributed by atoms with Crippen LogP contribution in [0.4, 0.5) is 0 Å². The van der Waals surface area contributed by atoms with Crippen LogP contribution >= 0.6 is 43.2 Å². The zero-order valence-electron chi connectivity index (χ0n) is 19.7. The van der Waals surface area contributed by atoms with Gasteiger partial charge in [0.15, 0.2) is 0 Å². The molecule has 0 aliphatic carbocycles. The van der Waals surface area contributed by atoms with E-state index in [2.05, 4.69) is 10.6 Å². The Morgan fingerprint density at radius 2 is 1.25 bits per heavy atom. The van der Waals surface area contributed by atoms with Crippen LogP contribution in [0.25, 0.3) is 0 Å². The second kappa shape index (κ2) is 23.7. The van der Waals surface area contributed by atoms with Gasteiger partial charge in [-0.15, -0.1) is 0 Å². The summed E-state index contributed by atoms with van der Waals surface area (Å²) in [6.45, 7) is 4.62. The Morgan fingerprint density at radius 3 is 1.75 bits per heavy atom. The number of hydrogen-bond acceptors (Lipinski definition) is 10. The van der Waals surface area contributed by atoms with Gasteiger partial charge in [0.05, 0.1) is 26.4 Å². The summed E-state index contributed by atoms with van der Waals surface area (Å²) in [5.41, 5.74) is 0. The van der Waals surface area contributed by atoms with Crippen molar-refractivity contribution in [1.82, 2.24) is 10.6 Å². The molecule has 0 aliphatic heterocycles. The van der Waals surface area contributed by atoms with Gasteiger partial charge in [0.1, 0.15) is 18.0 Å². The molecule has 0 saturated carbocycles. The number of rotatable bonds is 23. The fraction of sp³-hybridized carbons (Fsp3) is 0.800. The fourth-order valence-electron chi connectivity index (χ4n) is 1.91. The Labute approximate surface area is 208 Å². The first-order valence-electron chi connectivity index (χ1n) is 11.2. The predicted octanol–water partition coefficient (Wildman–Crippen LogP) is 2.75. The molecule has 8 nitrogen and oxygen atoms in total. The molecule has 0 rings (SSSR count). The summed E-state index contributed by atoms with van der Waals surface area (Å²) in [4.78, 5) is 45.6. The number of Topliss-reactive ketones (excluding diaryl/α,β-unsaturated/α-hetero) is 2. The van der Waals surface area contributed by atoms with Gasteiger partial charge >= 0.3 is 0 Å². The third-order valence-corrected chi connectivity index (χ3v) is 8.31. The zero-order chi connectivity index (χ0) is 24.6. The molecular formula is C20H36N2O6S4. The van der Waals surface area contributed by atoms with Gasteiger partial charge in [-0.2, -0.15) is 0 Å². The SMILES string of the molecule is [3H]CC(=O)CCOCCSSCCNC(=O)CC(=O)NCCSSCCOCCC(=O)CC. The van der Waals surface area contributed by atoms with Gasteiger partial charge in [-0.1, -0.05) is 50.1 Å². The van der Waals surface area contributed by atoms with E-state index >= 15 is 0 Å². The number of nitrogens with one attached hydrogen (secondary N) is 2. The average Bonchev–Trinajstić information content (AvgIpc) is 2.80. The monoisotopic (exact) mass is 530 g/mol. The number of hydrogen-bond donors (Lipinski definition) is 2. The smallest absolute Gasteiger partial charge is 0.229 e. The van der Waals surface area contributed by atoms with E-state index in [4.69, 9.17) is 10.8 Å². The summed E-state index contributed by atoms with van der Waals surface area (Å²) in [6, 6.07) is 0. The summed E-state index contributed by atoms with van der Waals surface area (Å²) in [5, 5.41) is 5.46. The Hall–Kier alpha value is -0.400. The highest BCUT2D eigenvalue weighted by molar-refractivity contribution is 8.77. The van der Waals surface area contributed by atoms with Crippen LogP contribution in [0.3, 0.4) is 0 Å². The van der Waals surface area contributed by atoms with Gasteiger partial charge in [-0.05, 0) is 6.90 Å². The number of carbonyl (C=O) groups is 4. The van der Waals surface area contributed by atoms with E-state index in [1.54, 1.807) is 43.2 Å². The lowest BCUT2D eigenvalue weighted by atomic mass is 10.2. The van der Waals surface area contributed by atoms with Crippen molar-refractivity contribution in [2.45, 2.75) is 39.5 Å². The topological polar surface area (TPSA) is 111 Å². The molecule has 0 aromatic heterocycles. The first kappa shape index (κ1) is 29.6. The van der Waals surface area contributed by atoms with Crippen molar-refractivity contribution in [2.24, 2.45) is 0 Å². The maximum Gasteiger partial charge on any atom is 0.229 e. The van der Waals surface area contributed by atoms with Crippen LogP contribution < -0.4 is 10.6 Å². The normalized spacial score (nSPS) is 11.1. The van der Waals surface area contributed by atoms with Crippen LogP contribution in [0.15, 0.2) is 0 Å². The van der Waals surface area contributed by atoms with Crippen molar-refractivity contribution in [3.8, 4) is 0 Å². The Morgan fingerprint density at radius 1 is 0.750 bits per heavy atom. The van der Waals surface area contributed by atoms with Crippen LogP contribution in [0.5, 0.6) is 0 Å². The highest BCUT2D eigenvalue weighted by Gasteiger charge is 2.08. The lowest BCUT2D eigenvalue weighted by Crippen LogP contribution is -2.33. The van der Waals surface area contributed by atoms with E-state index in [0.29, 0.717) is 52.4 Å². The summed E-state index contributed by atoms with van der Waals surface area (Å²) >= 11 is 0. The first-order chi connectivity index (χ1) is 16.0. The van der Waals surface area contributed by atoms with Gasteiger partial charge in [0.25, 0.3) is 0 Å². The minimum absolute atomic E-state index is 0.116. The molecule has 32 heavy (non-hydrogen) atoms. The van der Waals surface area contributed by atoms with Crippen molar-refractivity contribution >= 4 is 66.6 Å². The summed E-state index contributed by atoms with van der Waals surface area (Å²) in [5.74, 6) is 2.58. The molecule has 0 fully saturated rings. The Bertz CT molecular complexity index is 515. The molecule has 186 valence electrons. The Balaban J connectivity index is 3.37. The maximum absolute atomic E-state index is 11.8. The van der Waals surface area contributed by atoms with E-state index in [9.17, 15) is 19.2 Å². The van der Waals surface area contributed by atoms with E-state index in [1.165, 1.54) is 0 Å². The molecule has 12 heteroatoms. The molecule has 2 amide bonds. The third kappa shape index (κ3) is 24.2. The standard InChI is InChI=1S/C20H36N2O6S4/c1-3-18(24)5-9-28-11-15-32-30-13-7-22-20(26)16-19(25)21-6-12-29-31-14-10-27-8-4-17(2)23/h3-16H2,1-2H3,(H,21,25)(H,22,26)/i2T. The van der Waals surface area contributed by atoms with E-state index < -0.39 is 0 Å². The highest BCUT2D eigenvalue weighted by Crippen LogP contribution is 2.20. The van der Waals surface area contributed by atoms with Crippen LogP contribution in [-0.2, 0) is 28.7 Å². The van der Waals surface area contributed by atoms with Crippen molar-refractivity contribution in [3.63, 3.8) is 0 Å². The maximum atomic E-state index is 11.8. The largest absolute Gasteiger partial charge is 0.380 e. The lowest BCUT2D eigenvalue weighted by Gasteiger charge is -2.07. The van der Waals surface area contributed by atoms with Gasteiger partial charge in [0, 0.05) is 56.7 Å². The predicted molar refractivity (Wildman–Crippen MR) is 137 cm³/mol. The third-order valence-electron chi connectivity index (χ3n) is 3.57. The molecule has 0 atom stereocenters. The second-order valence-corrected chi connectivity index (χ2v) is 11.7. The van der Waals surface area contributed by atoms with Crippen LogP contribution in [0, 0.1) is 0 Å². The second-order valence-electron chi connectivity index (χ2n) is 6.32. The van der Waals surface area contributed by atoms with Crippen molar-refractivity contribution in [3.05, 3.63) is 0 Å². The first-order valence-corrected chi connectivity index (χ1v) is 15.5. The molecule has 0 saturated heterocycles. The van der Waals surface area contributed by atoms with Crippen LogP contribution in [-0.4, -0.2) is 85.9 Å². The van der Waals surface area contributed by atoms with Gasteiger partial charge < -0.3 is 20.1 Å². The summed E-state index contributed by atoms with van der Waals surface area (Å²) < 4.78 is 17.6. The van der Waals surface area contributed by atoms with E-state index in [1.807, 2.05) is 6.92 Å². The number of carbonyl (C=O) groups excluding carboxylic acids is 4. The number of ether oxygens (including phenoxy) is 2. The molecule has 0 heterocycles. The van der Waals surface area contributed by atoms with Gasteiger partial charge in [0.2, 0.25) is 11.8 Å².